The Bertz CT molecular complexity index is 914. The number of hydrogen-bond acceptors (Lipinski definition) is 5. The van der Waals surface area contributed by atoms with E-state index in [2.05, 4.69) is 4.90 Å². The van der Waals surface area contributed by atoms with Crippen LogP contribution in [0.5, 0.6) is 17.2 Å². The highest BCUT2D eigenvalue weighted by atomic mass is 19.1. The molecule has 1 atom stereocenters. The smallest absolute Gasteiger partial charge is 0.123 e. The minimum Gasteiger partial charge on any atom is -0.497 e. The van der Waals surface area contributed by atoms with E-state index in [9.17, 15) is 9.50 Å². The monoisotopic (exact) mass is 425 g/mol. The number of ether oxygens (including phenoxy) is 3. The van der Waals surface area contributed by atoms with E-state index in [-0.39, 0.29) is 12.4 Å². The topological polar surface area (TPSA) is 51.2 Å². The zero-order chi connectivity index (χ0) is 22.1. The van der Waals surface area contributed by atoms with E-state index in [1.54, 1.807) is 38.5 Å². The number of rotatable bonds is 11. The van der Waals surface area contributed by atoms with E-state index in [1.807, 2.05) is 36.4 Å². The van der Waals surface area contributed by atoms with Gasteiger partial charge in [-0.15, -0.1) is 0 Å². The molecule has 0 bridgehead atoms. The fourth-order valence-corrected chi connectivity index (χ4v) is 3.24. The molecule has 0 unspecified atom stereocenters. The van der Waals surface area contributed by atoms with Crippen LogP contribution in [0.1, 0.15) is 11.1 Å². The SMILES string of the molecule is COc1ccc(CN(Cc2ccc(F)cc2)C[C@H](O)COc2ccc(OC)cc2)cc1. The summed E-state index contributed by atoms with van der Waals surface area (Å²) in [6.07, 6.45) is -0.694. The molecule has 31 heavy (non-hydrogen) atoms. The molecule has 3 aromatic carbocycles. The van der Waals surface area contributed by atoms with Crippen LogP contribution in [0.4, 0.5) is 4.39 Å². The maximum atomic E-state index is 13.3. The number of methoxy groups -OCH3 is 2. The summed E-state index contributed by atoms with van der Waals surface area (Å²) in [5.41, 5.74) is 2.06. The predicted octanol–water partition coefficient (Wildman–Crippen LogP) is 4.29. The van der Waals surface area contributed by atoms with E-state index in [1.165, 1.54) is 12.1 Å². The van der Waals surface area contributed by atoms with Crippen molar-refractivity contribution in [2.45, 2.75) is 19.2 Å². The average molecular weight is 426 g/mol. The molecule has 0 aromatic heterocycles. The standard InChI is InChI=1S/C25H28FNO4/c1-29-23-9-5-20(6-10-23)16-27(15-19-3-7-21(26)8-4-19)17-22(28)18-31-25-13-11-24(30-2)12-14-25/h3-14,22,28H,15-18H2,1-2H3/t22-/m0/s1. The number of hydrogen-bond donors (Lipinski definition) is 1. The van der Waals surface area contributed by atoms with Gasteiger partial charge in [-0.1, -0.05) is 24.3 Å². The molecule has 0 radical (unpaired) electrons. The molecular weight excluding hydrogens is 397 g/mol. The number of halogens is 1. The molecule has 0 aliphatic heterocycles. The second-order valence-electron chi connectivity index (χ2n) is 7.28. The molecule has 3 rings (SSSR count). The van der Waals surface area contributed by atoms with Gasteiger partial charge in [0.15, 0.2) is 0 Å². The Hall–Kier alpha value is -3.09. The van der Waals surface area contributed by atoms with Gasteiger partial charge in [0.05, 0.1) is 14.2 Å². The third-order valence-corrected chi connectivity index (χ3v) is 4.86. The van der Waals surface area contributed by atoms with E-state index < -0.39 is 6.10 Å². The fourth-order valence-electron chi connectivity index (χ4n) is 3.24. The molecular formula is C25H28FNO4. The number of aliphatic hydroxyl groups excluding tert-OH is 1. The summed E-state index contributed by atoms with van der Waals surface area (Å²) in [6.45, 7) is 1.77. The van der Waals surface area contributed by atoms with Gasteiger partial charge in [-0.25, -0.2) is 4.39 Å². The summed E-state index contributed by atoms with van der Waals surface area (Å²) in [5, 5.41) is 10.6. The molecule has 0 heterocycles. The molecule has 6 heteroatoms. The van der Waals surface area contributed by atoms with Crippen molar-refractivity contribution in [3.05, 3.63) is 89.7 Å². The van der Waals surface area contributed by atoms with Crippen LogP contribution in [0, 0.1) is 5.82 Å². The average Bonchev–Trinajstić information content (AvgIpc) is 2.80. The van der Waals surface area contributed by atoms with Gasteiger partial charge in [0.25, 0.3) is 0 Å². The Balaban J connectivity index is 1.62. The summed E-state index contributed by atoms with van der Waals surface area (Å²) < 4.78 is 29.3. The number of aliphatic hydroxyl groups is 1. The molecule has 0 fully saturated rings. The lowest BCUT2D eigenvalue weighted by atomic mass is 10.1. The molecule has 0 amide bonds. The summed E-state index contributed by atoms with van der Waals surface area (Å²) >= 11 is 0. The van der Waals surface area contributed by atoms with Crippen LogP contribution in [-0.2, 0) is 13.1 Å². The Labute approximate surface area is 182 Å². The predicted molar refractivity (Wildman–Crippen MR) is 118 cm³/mol. The minimum atomic E-state index is -0.694. The number of benzene rings is 3. The Morgan fingerprint density at radius 2 is 1.19 bits per heavy atom. The van der Waals surface area contributed by atoms with E-state index >= 15 is 0 Å². The molecule has 0 aliphatic rings. The lowest BCUT2D eigenvalue weighted by Gasteiger charge is -2.25. The summed E-state index contributed by atoms with van der Waals surface area (Å²) in [7, 11) is 3.24. The highest BCUT2D eigenvalue weighted by Crippen LogP contribution is 2.18. The molecule has 0 spiro atoms. The first-order valence-electron chi connectivity index (χ1n) is 10.1. The fraction of sp³-hybridized carbons (Fsp3) is 0.280. The van der Waals surface area contributed by atoms with Gasteiger partial charge in [0.2, 0.25) is 0 Å². The Morgan fingerprint density at radius 1 is 0.742 bits per heavy atom. The van der Waals surface area contributed by atoms with Crippen molar-refractivity contribution in [2.75, 3.05) is 27.4 Å². The van der Waals surface area contributed by atoms with Crippen LogP contribution in [0.15, 0.2) is 72.8 Å². The normalized spacial score (nSPS) is 11.9. The van der Waals surface area contributed by atoms with Crippen LogP contribution in [0.2, 0.25) is 0 Å². The summed E-state index contributed by atoms with van der Waals surface area (Å²) in [6, 6.07) is 21.5. The van der Waals surface area contributed by atoms with E-state index in [0.29, 0.717) is 25.4 Å². The second-order valence-corrected chi connectivity index (χ2v) is 7.28. The van der Waals surface area contributed by atoms with Gasteiger partial charge in [0.1, 0.15) is 35.8 Å². The second kappa shape index (κ2) is 11.3. The highest BCUT2D eigenvalue weighted by Gasteiger charge is 2.14. The van der Waals surface area contributed by atoms with Crippen molar-refractivity contribution in [3.8, 4) is 17.2 Å². The third-order valence-electron chi connectivity index (χ3n) is 4.86. The van der Waals surface area contributed by atoms with Crippen molar-refractivity contribution in [1.82, 2.24) is 4.90 Å². The first-order valence-corrected chi connectivity index (χ1v) is 10.1. The molecule has 164 valence electrons. The van der Waals surface area contributed by atoms with Crippen LogP contribution in [0.25, 0.3) is 0 Å². The van der Waals surface area contributed by atoms with Crippen molar-refractivity contribution in [2.24, 2.45) is 0 Å². The first-order chi connectivity index (χ1) is 15.1. The number of nitrogens with zero attached hydrogens (tertiary/aromatic N) is 1. The van der Waals surface area contributed by atoms with Gasteiger partial charge in [-0.2, -0.15) is 0 Å². The van der Waals surface area contributed by atoms with Crippen molar-refractivity contribution < 1.29 is 23.7 Å². The molecule has 0 saturated carbocycles. The zero-order valence-corrected chi connectivity index (χ0v) is 17.8. The van der Waals surface area contributed by atoms with Crippen molar-refractivity contribution in [3.63, 3.8) is 0 Å². The van der Waals surface area contributed by atoms with Crippen LogP contribution in [0.3, 0.4) is 0 Å². The minimum absolute atomic E-state index is 0.162. The van der Waals surface area contributed by atoms with Gasteiger partial charge in [0, 0.05) is 19.6 Å². The zero-order valence-electron chi connectivity index (χ0n) is 17.8. The largest absolute Gasteiger partial charge is 0.497 e. The molecule has 5 nitrogen and oxygen atoms in total. The van der Waals surface area contributed by atoms with Crippen LogP contribution < -0.4 is 14.2 Å². The van der Waals surface area contributed by atoms with Crippen molar-refractivity contribution >= 4 is 0 Å². The van der Waals surface area contributed by atoms with Gasteiger partial charge < -0.3 is 19.3 Å². The van der Waals surface area contributed by atoms with Crippen molar-refractivity contribution in [1.29, 1.82) is 0 Å². The third kappa shape index (κ3) is 7.27. The van der Waals surface area contributed by atoms with E-state index in [4.69, 9.17) is 14.2 Å². The molecule has 3 aromatic rings. The maximum absolute atomic E-state index is 13.3. The highest BCUT2D eigenvalue weighted by molar-refractivity contribution is 5.31. The van der Waals surface area contributed by atoms with Crippen LogP contribution in [-0.4, -0.2) is 43.5 Å². The molecule has 1 N–H and O–H groups in total. The summed E-state index contributed by atoms with van der Waals surface area (Å²) in [5.74, 6) is 1.94. The molecule has 0 aliphatic carbocycles. The quantitative estimate of drug-likeness (QED) is 0.497. The lowest BCUT2D eigenvalue weighted by Crippen LogP contribution is -2.35. The first kappa shape index (κ1) is 22.6. The van der Waals surface area contributed by atoms with E-state index in [0.717, 1.165) is 22.6 Å². The maximum Gasteiger partial charge on any atom is 0.123 e. The molecule has 0 saturated heterocycles. The van der Waals surface area contributed by atoms with Gasteiger partial charge >= 0.3 is 0 Å². The van der Waals surface area contributed by atoms with Gasteiger partial charge in [-0.3, -0.25) is 4.90 Å². The Morgan fingerprint density at radius 3 is 1.71 bits per heavy atom. The Kier molecular flexibility index (Phi) is 8.27. The van der Waals surface area contributed by atoms with Gasteiger partial charge in [-0.05, 0) is 59.7 Å². The summed E-state index contributed by atoms with van der Waals surface area (Å²) in [4.78, 5) is 2.11. The van der Waals surface area contributed by atoms with Crippen LogP contribution >= 0.6 is 0 Å². The lowest BCUT2D eigenvalue weighted by molar-refractivity contribution is 0.0628.